The first-order chi connectivity index (χ1) is 8.02. The molecule has 0 saturated heterocycles. The van der Waals surface area contributed by atoms with Gasteiger partial charge in [-0.15, -0.1) is 11.3 Å². The summed E-state index contributed by atoms with van der Waals surface area (Å²) in [6.45, 7) is 8.31. The van der Waals surface area contributed by atoms with Crippen LogP contribution in [0.3, 0.4) is 0 Å². The molecular formula is C13H19N3S. The highest BCUT2D eigenvalue weighted by atomic mass is 32.1. The molecule has 2 heterocycles. The van der Waals surface area contributed by atoms with E-state index in [2.05, 4.69) is 41.1 Å². The van der Waals surface area contributed by atoms with Crippen molar-refractivity contribution < 1.29 is 0 Å². The molecule has 4 heteroatoms. The molecule has 0 aliphatic carbocycles. The fourth-order valence-electron chi connectivity index (χ4n) is 2.08. The molecule has 3 nitrogen and oxygen atoms in total. The lowest BCUT2D eigenvalue weighted by Gasteiger charge is -2.21. The third-order valence-electron chi connectivity index (χ3n) is 3.28. The zero-order chi connectivity index (χ0) is 12.6. The van der Waals surface area contributed by atoms with Crippen molar-refractivity contribution in [3.8, 4) is 0 Å². The van der Waals surface area contributed by atoms with E-state index in [-0.39, 0.29) is 12.1 Å². The van der Waals surface area contributed by atoms with E-state index in [1.807, 2.05) is 13.8 Å². The molecule has 0 aliphatic rings. The van der Waals surface area contributed by atoms with Gasteiger partial charge in [-0.2, -0.15) is 5.10 Å². The number of aromatic nitrogens is 2. The van der Waals surface area contributed by atoms with Crippen molar-refractivity contribution in [3.05, 3.63) is 39.3 Å². The highest BCUT2D eigenvalue weighted by Crippen LogP contribution is 2.27. The third-order valence-corrected chi connectivity index (χ3v) is 4.23. The summed E-state index contributed by atoms with van der Waals surface area (Å²) >= 11 is 1.74. The molecule has 0 bridgehead atoms. The van der Waals surface area contributed by atoms with Crippen molar-refractivity contribution in [2.75, 3.05) is 0 Å². The minimum atomic E-state index is 0.0473. The van der Waals surface area contributed by atoms with Crippen LogP contribution in [-0.2, 0) is 0 Å². The van der Waals surface area contributed by atoms with Crippen LogP contribution in [0.1, 0.15) is 34.8 Å². The molecule has 2 atom stereocenters. The lowest BCUT2D eigenvalue weighted by Crippen LogP contribution is -2.31. The summed E-state index contributed by atoms with van der Waals surface area (Å²) in [5.74, 6) is 0. The van der Waals surface area contributed by atoms with Gasteiger partial charge in [-0.05, 0) is 44.7 Å². The van der Waals surface area contributed by atoms with Crippen LogP contribution in [0.4, 0.5) is 0 Å². The number of nitrogens with zero attached hydrogens (tertiary/aromatic N) is 2. The van der Waals surface area contributed by atoms with Crippen molar-refractivity contribution in [3.63, 3.8) is 0 Å². The van der Waals surface area contributed by atoms with Gasteiger partial charge >= 0.3 is 0 Å². The van der Waals surface area contributed by atoms with E-state index in [0.29, 0.717) is 0 Å². The zero-order valence-corrected chi connectivity index (χ0v) is 11.6. The van der Waals surface area contributed by atoms with Crippen LogP contribution in [0.25, 0.3) is 0 Å². The lowest BCUT2D eigenvalue weighted by atomic mass is 10.1. The average molecular weight is 249 g/mol. The summed E-state index contributed by atoms with van der Waals surface area (Å²) in [6.07, 6.45) is 0. The molecule has 0 saturated carbocycles. The summed E-state index contributed by atoms with van der Waals surface area (Å²) in [4.78, 5) is 1.27. The fraction of sp³-hybridized carbons (Fsp3) is 0.462. The standard InChI is InChI=1S/C13H19N3S/c1-8-10(3)15-16(11(8)4)13(9(2)14)12-6-5-7-17-12/h5-7,9,13H,14H2,1-4H3. The predicted molar refractivity (Wildman–Crippen MR) is 72.5 cm³/mol. The molecule has 0 spiro atoms. The van der Waals surface area contributed by atoms with Crippen molar-refractivity contribution in [1.29, 1.82) is 0 Å². The van der Waals surface area contributed by atoms with E-state index in [1.165, 1.54) is 16.1 Å². The fourth-order valence-corrected chi connectivity index (χ4v) is 3.00. The summed E-state index contributed by atoms with van der Waals surface area (Å²) in [7, 11) is 0. The first kappa shape index (κ1) is 12.3. The molecule has 2 aromatic heterocycles. The van der Waals surface area contributed by atoms with Crippen molar-refractivity contribution >= 4 is 11.3 Å². The molecular weight excluding hydrogens is 230 g/mol. The van der Waals surface area contributed by atoms with Gasteiger partial charge in [-0.3, -0.25) is 4.68 Å². The molecule has 2 aromatic rings. The van der Waals surface area contributed by atoms with Crippen LogP contribution < -0.4 is 5.73 Å². The second-order valence-corrected chi connectivity index (χ2v) is 5.54. The summed E-state index contributed by atoms with van der Waals surface area (Å²) in [5, 5.41) is 6.72. The van der Waals surface area contributed by atoms with Gasteiger partial charge in [0.1, 0.15) is 6.04 Å². The number of nitrogens with two attached hydrogens (primary N) is 1. The van der Waals surface area contributed by atoms with Crippen LogP contribution in [0.2, 0.25) is 0 Å². The van der Waals surface area contributed by atoms with Gasteiger partial charge in [-0.25, -0.2) is 0 Å². The number of hydrogen-bond acceptors (Lipinski definition) is 3. The Morgan fingerprint density at radius 1 is 1.35 bits per heavy atom. The van der Waals surface area contributed by atoms with Gasteiger partial charge in [0.05, 0.1) is 5.69 Å². The van der Waals surface area contributed by atoms with Gasteiger partial charge in [0.25, 0.3) is 0 Å². The second kappa shape index (κ2) is 4.63. The first-order valence-electron chi connectivity index (χ1n) is 5.83. The van der Waals surface area contributed by atoms with E-state index in [0.717, 1.165) is 5.69 Å². The normalized spacial score (nSPS) is 14.9. The van der Waals surface area contributed by atoms with E-state index >= 15 is 0 Å². The van der Waals surface area contributed by atoms with E-state index in [9.17, 15) is 0 Å². The Labute approximate surface area is 106 Å². The van der Waals surface area contributed by atoms with E-state index < -0.39 is 0 Å². The monoisotopic (exact) mass is 249 g/mol. The molecule has 0 radical (unpaired) electrons. The highest BCUT2D eigenvalue weighted by Gasteiger charge is 2.23. The largest absolute Gasteiger partial charge is 0.326 e. The smallest absolute Gasteiger partial charge is 0.101 e. The Hall–Kier alpha value is -1.13. The number of hydrogen-bond donors (Lipinski definition) is 1. The quantitative estimate of drug-likeness (QED) is 0.909. The van der Waals surface area contributed by atoms with Gasteiger partial charge in [0.2, 0.25) is 0 Å². The van der Waals surface area contributed by atoms with Crippen LogP contribution in [0.15, 0.2) is 17.5 Å². The van der Waals surface area contributed by atoms with Gasteiger partial charge < -0.3 is 5.73 Å². The van der Waals surface area contributed by atoms with Crippen LogP contribution in [0.5, 0.6) is 0 Å². The van der Waals surface area contributed by atoms with Gasteiger partial charge in [-0.1, -0.05) is 6.07 Å². The zero-order valence-electron chi connectivity index (χ0n) is 10.8. The number of thiophene rings is 1. The maximum Gasteiger partial charge on any atom is 0.101 e. The number of rotatable bonds is 3. The number of aryl methyl sites for hydroxylation is 1. The third kappa shape index (κ3) is 2.15. The Morgan fingerprint density at radius 3 is 2.47 bits per heavy atom. The van der Waals surface area contributed by atoms with Gasteiger partial charge in [0.15, 0.2) is 0 Å². The molecule has 2 unspecified atom stereocenters. The summed E-state index contributed by atoms with van der Waals surface area (Å²) < 4.78 is 2.07. The van der Waals surface area contributed by atoms with Crippen molar-refractivity contribution in [2.24, 2.45) is 5.73 Å². The Morgan fingerprint density at radius 2 is 2.06 bits per heavy atom. The Kier molecular flexibility index (Phi) is 3.35. The lowest BCUT2D eigenvalue weighted by molar-refractivity contribution is 0.449. The van der Waals surface area contributed by atoms with Crippen LogP contribution in [-0.4, -0.2) is 15.8 Å². The first-order valence-corrected chi connectivity index (χ1v) is 6.71. The summed E-state index contributed by atoms with van der Waals surface area (Å²) in [6, 6.07) is 4.38. The molecule has 0 amide bonds. The van der Waals surface area contributed by atoms with Crippen molar-refractivity contribution in [2.45, 2.75) is 39.8 Å². The maximum absolute atomic E-state index is 6.13. The van der Waals surface area contributed by atoms with E-state index in [4.69, 9.17) is 5.73 Å². The molecule has 0 aliphatic heterocycles. The van der Waals surface area contributed by atoms with Crippen molar-refractivity contribution in [1.82, 2.24) is 9.78 Å². The van der Waals surface area contributed by atoms with E-state index in [1.54, 1.807) is 11.3 Å². The predicted octanol–water partition coefficient (Wildman–Crippen LogP) is 2.81. The Bertz CT molecular complexity index is 497. The Balaban J connectivity index is 2.51. The molecule has 17 heavy (non-hydrogen) atoms. The average Bonchev–Trinajstić information content (AvgIpc) is 2.85. The molecule has 2 rings (SSSR count). The minimum absolute atomic E-state index is 0.0473. The SMILES string of the molecule is Cc1nn(C(c2cccs2)C(C)N)c(C)c1C. The van der Waals surface area contributed by atoms with Gasteiger partial charge in [0, 0.05) is 16.6 Å². The molecule has 92 valence electrons. The van der Waals surface area contributed by atoms with Crippen LogP contribution >= 0.6 is 11.3 Å². The summed E-state index contributed by atoms with van der Waals surface area (Å²) in [5.41, 5.74) is 9.68. The minimum Gasteiger partial charge on any atom is -0.326 e. The molecule has 0 fully saturated rings. The maximum atomic E-state index is 6.13. The van der Waals surface area contributed by atoms with Crippen LogP contribution in [0, 0.1) is 20.8 Å². The second-order valence-electron chi connectivity index (χ2n) is 4.56. The highest BCUT2D eigenvalue weighted by molar-refractivity contribution is 7.10. The topological polar surface area (TPSA) is 43.8 Å². The molecule has 0 aromatic carbocycles. The molecule has 2 N–H and O–H groups in total.